The molecule has 2 bridgehead atoms. The summed E-state index contributed by atoms with van der Waals surface area (Å²) in [4.78, 5) is 13.2. The van der Waals surface area contributed by atoms with E-state index in [4.69, 9.17) is 4.42 Å². The van der Waals surface area contributed by atoms with Crippen molar-refractivity contribution in [3.8, 4) is 11.6 Å². The van der Waals surface area contributed by atoms with Gasteiger partial charge in [-0.05, 0) is 48.4 Å². The van der Waals surface area contributed by atoms with Gasteiger partial charge in [-0.15, -0.1) is 15.0 Å². The van der Waals surface area contributed by atoms with Gasteiger partial charge in [-0.3, -0.25) is 0 Å². The molecule has 2 aliphatic rings. The molecule has 0 aliphatic heterocycles. The Balaban J connectivity index is 1.73. The van der Waals surface area contributed by atoms with Crippen LogP contribution >= 0.6 is 0 Å². The third-order valence-corrected chi connectivity index (χ3v) is 4.84. The number of tetrazole rings is 1. The second kappa shape index (κ2) is 4.41. The number of aromatic nitrogens is 4. The average molecular weight is 288 g/mol. The van der Waals surface area contributed by atoms with Gasteiger partial charge in [-0.1, -0.05) is 12.8 Å². The van der Waals surface area contributed by atoms with E-state index >= 15 is 0 Å². The van der Waals surface area contributed by atoms with Gasteiger partial charge in [-0.25, -0.2) is 4.79 Å². The standard InChI is InChI=1S/C14H16N4O3/c19-13(20)14(7-9-3-4-10(6-9)8-14)18-16-12(15-17-18)11-2-1-5-21-11/h1-2,5,9-10H,3-4,6-8H2,(H,19,20)/t9-,10+,14?. The van der Waals surface area contributed by atoms with E-state index < -0.39 is 11.5 Å². The van der Waals surface area contributed by atoms with Crippen molar-refractivity contribution in [3.05, 3.63) is 18.4 Å². The van der Waals surface area contributed by atoms with E-state index in [0.717, 1.165) is 19.3 Å². The van der Waals surface area contributed by atoms with E-state index in [9.17, 15) is 9.90 Å². The van der Waals surface area contributed by atoms with Crippen LogP contribution in [0.5, 0.6) is 0 Å². The number of rotatable bonds is 3. The van der Waals surface area contributed by atoms with E-state index in [0.29, 0.717) is 36.3 Å². The van der Waals surface area contributed by atoms with Crippen LogP contribution < -0.4 is 0 Å². The summed E-state index contributed by atoms with van der Waals surface area (Å²) < 4.78 is 5.24. The van der Waals surface area contributed by atoms with Crippen molar-refractivity contribution in [2.24, 2.45) is 11.8 Å². The molecule has 4 rings (SSSR count). The molecule has 2 fully saturated rings. The third kappa shape index (κ3) is 1.87. The van der Waals surface area contributed by atoms with Crippen LogP contribution in [0.4, 0.5) is 0 Å². The Hall–Kier alpha value is -2.18. The van der Waals surface area contributed by atoms with Crippen LogP contribution in [0, 0.1) is 11.8 Å². The maximum atomic E-state index is 11.9. The molecule has 0 radical (unpaired) electrons. The lowest BCUT2D eigenvalue weighted by Crippen LogP contribution is -2.47. The van der Waals surface area contributed by atoms with Crippen LogP contribution in [0.2, 0.25) is 0 Å². The molecule has 0 spiro atoms. The fourth-order valence-corrected chi connectivity index (χ4v) is 3.91. The van der Waals surface area contributed by atoms with Crippen molar-refractivity contribution >= 4 is 5.97 Å². The Bertz CT molecular complexity index is 652. The Morgan fingerprint density at radius 1 is 1.38 bits per heavy atom. The molecule has 2 aliphatic carbocycles. The molecular formula is C14H16N4O3. The van der Waals surface area contributed by atoms with Gasteiger partial charge in [-0.2, -0.15) is 0 Å². The topological polar surface area (TPSA) is 94.0 Å². The summed E-state index contributed by atoms with van der Waals surface area (Å²) in [5.74, 6) is 0.887. The number of fused-ring (bicyclic) bond motifs is 2. The van der Waals surface area contributed by atoms with Gasteiger partial charge in [0.25, 0.3) is 0 Å². The molecule has 2 aromatic rings. The number of carboxylic acid groups (broad SMARTS) is 1. The second-order valence-electron chi connectivity index (χ2n) is 6.17. The summed E-state index contributed by atoms with van der Waals surface area (Å²) in [6.07, 6.45) is 6.07. The van der Waals surface area contributed by atoms with Gasteiger partial charge in [0.15, 0.2) is 11.3 Å². The molecule has 2 heterocycles. The molecular weight excluding hydrogens is 272 g/mol. The van der Waals surface area contributed by atoms with E-state index in [1.165, 1.54) is 11.1 Å². The maximum absolute atomic E-state index is 11.9. The third-order valence-electron chi connectivity index (χ3n) is 4.84. The lowest BCUT2D eigenvalue weighted by molar-refractivity contribution is -0.152. The monoisotopic (exact) mass is 288 g/mol. The summed E-state index contributed by atoms with van der Waals surface area (Å²) in [5.41, 5.74) is -1.05. The van der Waals surface area contributed by atoms with Crippen LogP contribution in [-0.2, 0) is 10.3 Å². The number of aliphatic carboxylic acids is 1. The molecule has 1 unspecified atom stereocenters. The van der Waals surface area contributed by atoms with Gasteiger partial charge in [0.2, 0.25) is 5.82 Å². The first kappa shape index (κ1) is 12.6. The van der Waals surface area contributed by atoms with Gasteiger partial charge in [0.05, 0.1) is 6.26 Å². The van der Waals surface area contributed by atoms with Crippen molar-refractivity contribution < 1.29 is 14.3 Å². The van der Waals surface area contributed by atoms with Crippen LogP contribution in [0.1, 0.15) is 32.1 Å². The lowest BCUT2D eigenvalue weighted by atomic mass is 9.75. The Kier molecular flexibility index (Phi) is 2.63. The average Bonchev–Trinajstić information content (AvgIpc) is 3.18. The van der Waals surface area contributed by atoms with Gasteiger partial charge < -0.3 is 9.52 Å². The molecule has 0 amide bonds. The van der Waals surface area contributed by atoms with E-state index in [2.05, 4.69) is 15.4 Å². The minimum absolute atomic E-state index is 0.332. The molecule has 1 N–H and O–H groups in total. The number of hydrogen-bond donors (Lipinski definition) is 1. The minimum atomic E-state index is -1.05. The van der Waals surface area contributed by atoms with Crippen molar-refractivity contribution in [1.29, 1.82) is 0 Å². The predicted molar refractivity (Wildman–Crippen MR) is 71.2 cm³/mol. The highest BCUT2D eigenvalue weighted by Gasteiger charge is 2.52. The number of furan rings is 1. The quantitative estimate of drug-likeness (QED) is 0.927. The highest BCUT2D eigenvalue weighted by Crippen LogP contribution is 2.49. The normalized spacial score (nSPS) is 31.4. The van der Waals surface area contributed by atoms with Crippen LogP contribution in [-0.4, -0.2) is 31.3 Å². The molecule has 3 atom stereocenters. The minimum Gasteiger partial charge on any atom is -0.479 e. The zero-order chi connectivity index (χ0) is 14.4. The first-order valence-corrected chi connectivity index (χ1v) is 7.25. The molecule has 21 heavy (non-hydrogen) atoms. The summed E-state index contributed by atoms with van der Waals surface area (Å²) in [6.45, 7) is 0. The molecule has 2 saturated carbocycles. The summed E-state index contributed by atoms with van der Waals surface area (Å²) in [5, 5.41) is 22.1. The summed E-state index contributed by atoms with van der Waals surface area (Å²) in [6, 6.07) is 3.48. The number of hydrogen-bond acceptors (Lipinski definition) is 5. The van der Waals surface area contributed by atoms with E-state index in [1.54, 1.807) is 12.1 Å². The Morgan fingerprint density at radius 3 is 2.76 bits per heavy atom. The van der Waals surface area contributed by atoms with Gasteiger partial charge in [0, 0.05) is 0 Å². The first-order valence-electron chi connectivity index (χ1n) is 7.25. The molecule has 0 saturated heterocycles. The van der Waals surface area contributed by atoms with Crippen LogP contribution in [0.15, 0.2) is 22.8 Å². The summed E-state index contributed by atoms with van der Waals surface area (Å²) in [7, 11) is 0. The Labute approximate surface area is 120 Å². The fraction of sp³-hybridized carbons (Fsp3) is 0.571. The largest absolute Gasteiger partial charge is 0.479 e. The van der Waals surface area contributed by atoms with Crippen LogP contribution in [0.3, 0.4) is 0 Å². The SMILES string of the molecule is O=C(O)C1(n2nnc(-c3ccco3)n2)C[C@@H]2CC[C@@H](C2)C1. The van der Waals surface area contributed by atoms with Crippen molar-refractivity contribution in [3.63, 3.8) is 0 Å². The Morgan fingerprint density at radius 2 is 2.14 bits per heavy atom. The van der Waals surface area contributed by atoms with Gasteiger partial charge >= 0.3 is 5.97 Å². The van der Waals surface area contributed by atoms with E-state index in [1.807, 2.05) is 0 Å². The molecule has 2 aromatic heterocycles. The number of carbonyl (C=O) groups is 1. The predicted octanol–water partition coefficient (Wildman–Crippen LogP) is 1.92. The summed E-state index contributed by atoms with van der Waals surface area (Å²) >= 11 is 0. The van der Waals surface area contributed by atoms with Crippen molar-refractivity contribution in [2.75, 3.05) is 0 Å². The van der Waals surface area contributed by atoms with E-state index in [-0.39, 0.29) is 0 Å². The number of nitrogens with zero attached hydrogens (tertiary/aromatic N) is 4. The molecule has 7 nitrogen and oxygen atoms in total. The lowest BCUT2D eigenvalue weighted by Gasteiger charge is -2.35. The molecule has 7 heteroatoms. The maximum Gasteiger partial charge on any atom is 0.333 e. The zero-order valence-corrected chi connectivity index (χ0v) is 11.5. The number of carboxylic acids is 1. The van der Waals surface area contributed by atoms with Crippen LogP contribution in [0.25, 0.3) is 11.6 Å². The van der Waals surface area contributed by atoms with Crippen molar-refractivity contribution in [2.45, 2.75) is 37.6 Å². The first-order chi connectivity index (χ1) is 10.2. The smallest absolute Gasteiger partial charge is 0.333 e. The van der Waals surface area contributed by atoms with Crippen molar-refractivity contribution in [1.82, 2.24) is 20.2 Å². The molecule has 110 valence electrons. The highest BCUT2D eigenvalue weighted by atomic mass is 16.4. The molecule has 0 aromatic carbocycles. The highest BCUT2D eigenvalue weighted by molar-refractivity contribution is 5.76. The second-order valence-corrected chi connectivity index (χ2v) is 6.17. The van der Waals surface area contributed by atoms with Gasteiger partial charge in [0.1, 0.15) is 0 Å². The fourth-order valence-electron chi connectivity index (χ4n) is 3.91. The zero-order valence-electron chi connectivity index (χ0n) is 11.5.